The van der Waals surface area contributed by atoms with Gasteiger partial charge in [-0.25, -0.2) is 0 Å². The highest BCUT2D eigenvalue weighted by Crippen LogP contribution is 2.59. The van der Waals surface area contributed by atoms with Gasteiger partial charge in [-0.15, -0.1) is 0 Å². The lowest BCUT2D eigenvalue weighted by molar-refractivity contribution is -0.156. The third-order valence-corrected chi connectivity index (χ3v) is 8.94. The normalized spacial score (nSPS) is 35.5. The number of carbonyl (C=O) groups excluding carboxylic acids is 1. The van der Waals surface area contributed by atoms with Crippen LogP contribution in [0.3, 0.4) is 0 Å². The van der Waals surface area contributed by atoms with Crippen molar-refractivity contribution in [2.75, 3.05) is 6.61 Å². The van der Waals surface area contributed by atoms with Crippen LogP contribution in [0, 0.1) is 28.6 Å². The molecule has 3 aliphatic rings. The lowest BCUT2D eigenvalue weighted by Gasteiger charge is -2.44. The first-order chi connectivity index (χ1) is 15.0. The number of aliphatic hydroxyl groups is 2. The minimum absolute atomic E-state index is 0.0815. The van der Waals surface area contributed by atoms with Crippen LogP contribution in [0.2, 0.25) is 0 Å². The first-order valence-corrected chi connectivity index (χ1v) is 12.6. The van der Waals surface area contributed by atoms with Crippen molar-refractivity contribution in [3.05, 3.63) is 35.5 Å². The molecule has 2 N–H and O–H groups in total. The van der Waals surface area contributed by atoms with Gasteiger partial charge in [0.2, 0.25) is 0 Å². The van der Waals surface area contributed by atoms with Crippen molar-refractivity contribution < 1.29 is 19.7 Å². The summed E-state index contributed by atoms with van der Waals surface area (Å²) in [4.78, 5) is 12.5. The molecule has 0 aromatic carbocycles. The van der Waals surface area contributed by atoms with Gasteiger partial charge >= 0.3 is 5.97 Å². The van der Waals surface area contributed by atoms with Crippen molar-refractivity contribution in [2.45, 2.75) is 98.2 Å². The van der Waals surface area contributed by atoms with Crippen LogP contribution in [0.5, 0.6) is 0 Å². The summed E-state index contributed by atoms with van der Waals surface area (Å²) in [7, 11) is 0. The van der Waals surface area contributed by atoms with Crippen molar-refractivity contribution in [1.82, 2.24) is 0 Å². The Kier molecular flexibility index (Phi) is 7.77. The van der Waals surface area contributed by atoms with E-state index in [-0.39, 0.29) is 11.4 Å². The highest BCUT2D eigenvalue weighted by Gasteiger charge is 2.50. The first kappa shape index (κ1) is 25.2. The van der Waals surface area contributed by atoms with Gasteiger partial charge in [-0.2, -0.15) is 0 Å². The lowest BCUT2D eigenvalue weighted by atomic mass is 9.61. The lowest BCUT2D eigenvalue weighted by Crippen LogP contribution is -2.38. The maximum Gasteiger partial charge on any atom is 0.311 e. The number of fused-ring (bicyclic) bond motifs is 1. The topological polar surface area (TPSA) is 66.8 Å². The van der Waals surface area contributed by atoms with Crippen LogP contribution in [0.15, 0.2) is 35.5 Å². The predicted molar refractivity (Wildman–Crippen MR) is 129 cm³/mol. The van der Waals surface area contributed by atoms with Gasteiger partial charge in [0.05, 0.1) is 24.2 Å². The largest absolute Gasteiger partial charge is 0.465 e. The molecule has 0 bridgehead atoms. The SMILES string of the molecule is C=C1[C@H](O)CC(=CC=C2CCC[C@]3(C)[C@@H]([C@H](C)COC(=O)C(C)(C)CC)CC[C@@H]23)C[C@H]1O. The molecule has 0 aliphatic heterocycles. The second-order valence-electron chi connectivity index (χ2n) is 11.5. The summed E-state index contributed by atoms with van der Waals surface area (Å²) in [6.07, 6.45) is 11.0. The summed E-state index contributed by atoms with van der Waals surface area (Å²) < 4.78 is 5.76. The van der Waals surface area contributed by atoms with E-state index in [2.05, 4.69) is 32.6 Å². The molecule has 3 aliphatic carbocycles. The predicted octanol–water partition coefficient (Wildman–Crippen LogP) is 5.74. The molecule has 0 spiro atoms. The van der Waals surface area contributed by atoms with Crippen LogP contribution in [0.25, 0.3) is 0 Å². The van der Waals surface area contributed by atoms with E-state index in [9.17, 15) is 15.0 Å². The van der Waals surface area contributed by atoms with Gasteiger partial charge in [0.15, 0.2) is 0 Å². The fourth-order valence-corrected chi connectivity index (χ4v) is 6.30. The van der Waals surface area contributed by atoms with Crippen molar-refractivity contribution in [1.29, 1.82) is 0 Å². The van der Waals surface area contributed by atoms with Crippen LogP contribution in [-0.2, 0) is 9.53 Å². The average molecular weight is 445 g/mol. The third kappa shape index (κ3) is 5.07. The molecule has 0 aromatic heterocycles. The zero-order valence-corrected chi connectivity index (χ0v) is 20.8. The number of rotatable bonds is 6. The van der Waals surface area contributed by atoms with Crippen molar-refractivity contribution in [3.63, 3.8) is 0 Å². The van der Waals surface area contributed by atoms with Gasteiger partial charge in [-0.1, -0.05) is 50.6 Å². The molecule has 0 heterocycles. The molecule has 3 saturated carbocycles. The standard InChI is InChI=1S/C28H44O4/c1-7-27(4,5)26(31)32-17-18(2)22-12-13-23-21(9-8-14-28(22,23)6)11-10-20-15-24(29)19(3)25(30)16-20/h10-11,18,22-25,29-30H,3,7-9,12-17H2,1-2,4-6H3/t18-,22-,23+,24-,25-,28-/m1/s1. The Hall–Kier alpha value is -1.39. The van der Waals surface area contributed by atoms with E-state index in [4.69, 9.17) is 4.74 Å². The average Bonchev–Trinajstić information content (AvgIpc) is 3.11. The van der Waals surface area contributed by atoms with E-state index >= 15 is 0 Å². The molecule has 0 aromatic rings. The Morgan fingerprint density at radius 3 is 2.53 bits per heavy atom. The summed E-state index contributed by atoms with van der Waals surface area (Å²) >= 11 is 0. The quantitative estimate of drug-likeness (QED) is 0.405. The van der Waals surface area contributed by atoms with Gasteiger partial charge in [0, 0.05) is 0 Å². The van der Waals surface area contributed by atoms with Crippen molar-refractivity contribution in [2.24, 2.45) is 28.6 Å². The van der Waals surface area contributed by atoms with Gasteiger partial charge in [-0.05, 0) is 94.0 Å². The van der Waals surface area contributed by atoms with Gasteiger partial charge < -0.3 is 14.9 Å². The van der Waals surface area contributed by atoms with Crippen LogP contribution >= 0.6 is 0 Å². The van der Waals surface area contributed by atoms with E-state index in [0.29, 0.717) is 42.8 Å². The molecule has 0 unspecified atom stereocenters. The summed E-state index contributed by atoms with van der Waals surface area (Å²) in [6, 6.07) is 0. The Morgan fingerprint density at radius 1 is 1.25 bits per heavy atom. The van der Waals surface area contributed by atoms with E-state index in [1.54, 1.807) is 0 Å². The molecule has 32 heavy (non-hydrogen) atoms. The number of hydrogen-bond acceptors (Lipinski definition) is 4. The fraction of sp³-hybridized carbons (Fsp3) is 0.750. The maximum absolute atomic E-state index is 12.5. The molecule has 4 heteroatoms. The summed E-state index contributed by atoms with van der Waals surface area (Å²) in [5, 5.41) is 20.3. The molecule has 0 radical (unpaired) electrons. The van der Waals surface area contributed by atoms with Gasteiger partial charge in [0.1, 0.15) is 0 Å². The molecule has 0 amide bonds. The minimum Gasteiger partial charge on any atom is -0.465 e. The van der Waals surface area contributed by atoms with Crippen molar-refractivity contribution >= 4 is 5.97 Å². The summed E-state index contributed by atoms with van der Waals surface area (Å²) in [5.41, 5.74) is 2.98. The van der Waals surface area contributed by atoms with Crippen LogP contribution in [-0.4, -0.2) is 35.0 Å². The van der Waals surface area contributed by atoms with E-state index < -0.39 is 17.6 Å². The second kappa shape index (κ2) is 9.85. The van der Waals surface area contributed by atoms with Crippen molar-refractivity contribution in [3.8, 4) is 0 Å². The Balaban J connectivity index is 1.68. The zero-order valence-electron chi connectivity index (χ0n) is 20.8. The Labute approximate surface area is 194 Å². The number of aliphatic hydroxyl groups excluding tert-OH is 2. The molecule has 180 valence electrons. The number of ether oxygens (including phenoxy) is 1. The highest BCUT2D eigenvalue weighted by molar-refractivity contribution is 5.75. The van der Waals surface area contributed by atoms with E-state index in [1.165, 1.54) is 31.3 Å². The number of allylic oxidation sites excluding steroid dienone is 3. The molecule has 0 saturated heterocycles. The molecule has 4 nitrogen and oxygen atoms in total. The fourth-order valence-electron chi connectivity index (χ4n) is 6.30. The zero-order chi connectivity index (χ0) is 23.7. The Bertz CT molecular complexity index is 760. The van der Waals surface area contributed by atoms with Crippen LogP contribution in [0.1, 0.15) is 86.0 Å². The monoisotopic (exact) mass is 444 g/mol. The second-order valence-corrected chi connectivity index (χ2v) is 11.5. The van der Waals surface area contributed by atoms with E-state index in [0.717, 1.165) is 18.4 Å². The van der Waals surface area contributed by atoms with E-state index in [1.807, 2.05) is 20.8 Å². The summed E-state index contributed by atoms with van der Waals surface area (Å²) in [5.74, 6) is 1.40. The summed E-state index contributed by atoms with van der Waals surface area (Å²) in [6.45, 7) is 15.0. The molecule has 3 fully saturated rings. The van der Waals surface area contributed by atoms with Crippen LogP contribution < -0.4 is 0 Å². The number of carbonyl (C=O) groups is 1. The molecular formula is C28H44O4. The van der Waals surface area contributed by atoms with Gasteiger partial charge in [0.25, 0.3) is 0 Å². The first-order valence-electron chi connectivity index (χ1n) is 12.6. The van der Waals surface area contributed by atoms with Gasteiger partial charge in [-0.3, -0.25) is 4.79 Å². The third-order valence-electron chi connectivity index (χ3n) is 8.94. The smallest absolute Gasteiger partial charge is 0.311 e. The Morgan fingerprint density at radius 2 is 1.91 bits per heavy atom. The highest BCUT2D eigenvalue weighted by atomic mass is 16.5. The molecular weight excluding hydrogens is 400 g/mol. The maximum atomic E-state index is 12.5. The molecule has 6 atom stereocenters. The minimum atomic E-state index is -0.642. The number of esters is 1. The van der Waals surface area contributed by atoms with Crippen LogP contribution in [0.4, 0.5) is 0 Å². The molecule has 3 rings (SSSR count). The number of hydrogen-bond donors (Lipinski definition) is 2.